The van der Waals surface area contributed by atoms with Crippen LogP contribution in [0.5, 0.6) is 0 Å². The minimum absolute atomic E-state index is 0.319. The van der Waals surface area contributed by atoms with Gasteiger partial charge in [-0.1, -0.05) is 25.0 Å². The van der Waals surface area contributed by atoms with Crippen molar-refractivity contribution in [3.8, 4) is 0 Å². The summed E-state index contributed by atoms with van der Waals surface area (Å²) >= 11 is 0. The lowest BCUT2D eigenvalue weighted by Crippen LogP contribution is -2.49. The molecule has 0 amide bonds. The first kappa shape index (κ1) is 8.96. The molecule has 0 heterocycles. The van der Waals surface area contributed by atoms with Crippen molar-refractivity contribution in [2.75, 3.05) is 0 Å². The Labute approximate surface area is 86.8 Å². The smallest absolute Gasteiger partial charge is 0.0166 e. The minimum Gasteiger partial charge on any atom is -0.327 e. The van der Waals surface area contributed by atoms with Gasteiger partial charge in [-0.25, -0.2) is 0 Å². The second kappa shape index (κ2) is 2.63. The van der Waals surface area contributed by atoms with Gasteiger partial charge < -0.3 is 5.73 Å². The third-order valence-corrected chi connectivity index (χ3v) is 5.06. The Morgan fingerprint density at radius 2 is 2.00 bits per heavy atom. The van der Waals surface area contributed by atoms with Gasteiger partial charge in [0.15, 0.2) is 0 Å². The maximum atomic E-state index is 6.08. The number of nitrogens with two attached hydrogens (primary N) is 1. The number of rotatable bonds is 0. The normalized spacial score (nSPS) is 49.5. The third kappa shape index (κ3) is 0.995. The monoisotopic (exact) mass is 191 g/mol. The van der Waals surface area contributed by atoms with Crippen LogP contribution < -0.4 is 5.73 Å². The van der Waals surface area contributed by atoms with Gasteiger partial charge >= 0.3 is 0 Å². The summed E-state index contributed by atoms with van der Waals surface area (Å²) in [7, 11) is 0. The van der Waals surface area contributed by atoms with E-state index < -0.39 is 0 Å². The molecule has 78 valence electrons. The summed E-state index contributed by atoms with van der Waals surface area (Å²) in [5.74, 6) is 2.00. The van der Waals surface area contributed by atoms with Gasteiger partial charge in [0.25, 0.3) is 0 Å². The molecular weight excluding hydrogens is 170 g/mol. The second-order valence-corrected chi connectivity index (χ2v) is 6.12. The topological polar surface area (TPSA) is 26.0 Å². The van der Waals surface area contributed by atoms with Crippen molar-refractivity contribution in [1.82, 2.24) is 0 Å². The summed E-state index contributed by atoms with van der Waals surface area (Å²) in [6, 6.07) is 0.420. The van der Waals surface area contributed by atoms with Gasteiger partial charge in [0.05, 0.1) is 0 Å². The highest BCUT2D eigenvalue weighted by Crippen LogP contribution is 2.56. The summed E-state index contributed by atoms with van der Waals surface area (Å²) in [6.45, 7) is 4.66. The van der Waals surface area contributed by atoms with Gasteiger partial charge in [0.1, 0.15) is 0 Å². The highest BCUT2D eigenvalue weighted by atomic mass is 14.7. The van der Waals surface area contributed by atoms with E-state index in [0.29, 0.717) is 11.5 Å². The van der Waals surface area contributed by atoms with Gasteiger partial charge in [-0.3, -0.25) is 0 Å². The summed E-state index contributed by atoms with van der Waals surface area (Å²) in [6.07, 6.45) is 7.05. The van der Waals surface area contributed by atoms with E-state index in [1.807, 2.05) is 5.57 Å². The molecule has 14 heavy (non-hydrogen) atoms. The Balaban J connectivity index is 1.92. The maximum absolute atomic E-state index is 6.08. The molecule has 0 aromatic carbocycles. The van der Waals surface area contributed by atoms with Gasteiger partial charge in [-0.2, -0.15) is 0 Å². The highest BCUT2D eigenvalue weighted by molar-refractivity contribution is 5.36. The van der Waals surface area contributed by atoms with Crippen molar-refractivity contribution in [1.29, 1.82) is 0 Å². The number of allylic oxidation sites excluding steroid dienone is 1. The largest absolute Gasteiger partial charge is 0.327 e. The fourth-order valence-electron chi connectivity index (χ4n) is 3.80. The molecular formula is C13H21N. The predicted molar refractivity (Wildman–Crippen MR) is 58.8 cm³/mol. The molecule has 2 bridgehead atoms. The molecule has 1 heteroatoms. The molecule has 1 nitrogen and oxygen atoms in total. The van der Waals surface area contributed by atoms with Crippen LogP contribution in [0.4, 0.5) is 0 Å². The molecule has 0 saturated heterocycles. The molecule has 3 fully saturated rings. The lowest BCUT2D eigenvalue weighted by molar-refractivity contribution is 0.238. The van der Waals surface area contributed by atoms with Gasteiger partial charge in [0, 0.05) is 11.5 Å². The van der Waals surface area contributed by atoms with Crippen molar-refractivity contribution >= 4 is 0 Å². The van der Waals surface area contributed by atoms with E-state index in [1.54, 1.807) is 5.57 Å². The summed E-state index contributed by atoms with van der Waals surface area (Å²) in [5.41, 5.74) is 9.96. The van der Waals surface area contributed by atoms with Crippen molar-refractivity contribution in [2.45, 2.75) is 52.0 Å². The predicted octanol–water partition coefficient (Wildman–Crippen LogP) is 2.86. The van der Waals surface area contributed by atoms with Crippen LogP contribution >= 0.6 is 0 Å². The number of hydrogen-bond acceptors (Lipinski definition) is 1. The zero-order valence-electron chi connectivity index (χ0n) is 9.34. The standard InChI is InChI=1S/C13H21N/c1-13(2)11(7-12(13)14)10-6-8-3-4-9(10)5-8/h8-9,12H,3-7,14H2,1-2H3/b11-10+. The molecule has 2 N–H and O–H groups in total. The van der Waals surface area contributed by atoms with Gasteiger partial charge in [0.2, 0.25) is 0 Å². The molecule has 0 aliphatic heterocycles. The maximum Gasteiger partial charge on any atom is 0.0166 e. The molecule has 0 spiro atoms. The summed E-state index contributed by atoms with van der Waals surface area (Å²) < 4.78 is 0. The molecule has 3 rings (SSSR count). The highest BCUT2D eigenvalue weighted by Gasteiger charge is 2.46. The molecule has 0 radical (unpaired) electrons. The van der Waals surface area contributed by atoms with Crippen LogP contribution in [0.15, 0.2) is 11.1 Å². The van der Waals surface area contributed by atoms with Crippen molar-refractivity contribution in [3.63, 3.8) is 0 Å². The first-order chi connectivity index (χ1) is 6.59. The average molecular weight is 191 g/mol. The molecule has 3 unspecified atom stereocenters. The van der Waals surface area contributed by atoms with Crippen molar-refractivity contribution in [2.24, 2.45) is 23.0 Å². The van der Waals surface area contributed by atoms with E-state index in [2.05, 4.69) is 13.8 Å². The molecule has 3 saturated carbocycles. The van der Waals surface area contributed by atoms with E-state index in [4.69, 9.17) is 5.73 Å². The first-order valence-corrected chi connectivity index (χ1v) is 6.07. The molecule has 3 atom stereocenters. The quantitative estimate of drug-likeness (QED) is 0.585. The summed E-state index contributed by atoms with van der Waals surface area (Å²) in [4.78, 5) is 0. The number of fused-ring (bicyclic) bond motifs is 2. The molecule has 0 aromatic heterocycles. The second-order valence-electron chi connectivity index (χ2n) is 6.12. The molecule has 3 aliphatic carbocycles. The first-order valence-electron chi connectivity index (χ1n) is 6.07. The number of hydrogen-bond donors (Lipinski definition) is 1. The fraction of sp³-hybridized carbons (Fsp3) is 0.846. The molecule has 0 aromatic rings. The van der Waals surface area contributed by atoms with E-state index in [9.17, 15) is 0 Å². The fourth-order valence-corrected chi connectivity index (χ4v) is 3.80. The Morgan fingerprint density at radius 1 is 1.21 bits per heavy atom. The van der Waals surface area contributed by atoms with E-state index in [0.717, 1.165) is 11.8 Å². The third-order valence-electron chi connectivity index (χ3n) is 5.06. The SMILES string of the molecule is CC1(C)/C(=C2\CC3CCC2C3)CC1N. The van der Waals surface area contributed by atoms with E-state index in [-0.39, 0.29) is 0 Å². The van der Waals surface area contributed by atoms with Crippen molar-refractivity contribution in [3.05, 3.63) is 11.1 Å². The zero-order valence-corrected chi connectivity index (χ0v) is 9.34. The Morgan fingerprint density at radius 3 is 2.43 bits per heavy atom. The van der Waals surface area contributed by atoms with E-state index >= 15 is 0 Å². The van der Waals surface area contributed by atoms with Gasteiger partial charge in [-0.05, 0) is 43.9 Å². The van der Waals surface area contributed by atoms with Crippen LogP contribution in [0, 0.1) is 17.3 Å². The lowest BCUT2D eigenvalue weighted by Gasteiger charge is -2.47. The van der Waals surface area contributed by atoms with Crippen LogP contribution in [0.3, 0.4) is 0 Å². The van der Waals surface area contributed by atoms with E-state index in [1.165, 1.54) is 32.1 Å². The van der Waals surface area contributed by atoms with Crippen LogP contribution in [0.1, 0.15) is 46.0 Å². The summed E-state index contributed by atoms with van der Waals surface area (Å²) in [5, 5.41) is 0. The van der Waals surface area contributed by atoms with Crippen LogP contribution in [-0.2, 0) is 0 Å². The Hall–Kier alpha value is -0.300. The van der Waals surface area contributed by atoms with Crippen LogP contribution in [0.25, 0.3) is 0 Å². The zero-order chi connectivity index (χ0) is 9.92. The van der Waals surface area contributed by atoms with Crippen LogP contribution in [0.2, 0.25) is 0 Å². The van der Waals surface area contributed by atoms with Crippen molar-refractivity contribution < 1.29 is 0 Å². The Kier molecular flexibility index (Phi) is 1.69. The van der Waals surface area contributed by atoms with Gasteiger partial charge in [-0.15, -0.1) is 0 Å². The average Bonchev–Trinajstić information content (AvgIpc) is 2.74. The molecule has 3 aliphatic rings. The van der Waals surface area contributed by atoms with Crippen LogP contribution in [-0.4, -0.2) is 6.04 Å². The minimum atomic E-state index is 0.319. The lowest BCUT2D eigenvalue weighted by atomic mass is 9.60. The Bertz CT molecular complexity index is 300.